The van der Waals surface area contributed by atoms with Crippen LogP contribution in [0.15, 0.2) is 35.7 Å². The number of piperazine rings is 1. The smallest absolute Gasteiger partial charge is 0.245 e. The van der Waals surface area contributed by atoms with Crippen molar-refractivity contribution in [3.8, 4) is 0 Å². The molecular weight excluding hydrogens is 390 g/mol. The molecule has 8 heteroatoms. The molecule has 0 aromatic heterocycles. The normalized spacial score (nSPS) is 20.0. The molecule has 1 unspecified atom stereocenters. The summed E-state index contributed by atoms with van der Waals surface area (Å²) in [6, 6.07) is 8.80. The zero-order valence-electron chi connectivity index (χ0n) is 17.0. The van der Waals surface area contributed by atoms with Gasteiger partial charge in [-0.2, -0.15) is 4.31 Å². The van der Waals surface area contributed by atoms with Crippen LogP contribution in [-0.2, 0) is 19.6 Å². The maximum atomic E-state index is 13.1. The fourth-order valence-electron chi connectivity index (χ4n) is 3.91. The Morgan fingerprint density at radius 1 is 1.03 bits per heavy atom. The highest BCUT2D eigenvalue weighted by Gasteiger charge is 2.38. The summed E-state index contributed by atoms with van der Waals surface area (Å²) in [4.78, 5) is 28.6. The Morgan fingerprint density at radius 3 is 2.24 bits per heavy atom. The lowest BCUT2D eigenvalue weighted by Gasteiger charge is -2.38. The predicted molar refractivity (Wildman–Crippen MR) is 112 cm³/mol. The number of hydrogen-bond acceptors (Lipinski definition) is 4. The summed E-state index contributed by atoms with van der Waals surface area (Å²) in [7, 11) is -3.54. The van der Waals surface area contributed by atoms with Crippen molar-refractivity contribution >= 4 is 27.9 Å². The van der Waals surface area contributed by atoms with Crippen molar-refractivity contribution in [3.63, 3.8) is 0 Å². The average Bonchev–Trinajstić information content (AvgIpc) is 3.12. The van der Waals surface area contributed by atoms with E-state index in [0.29, 0.717) is 26.1 Å². The summed E-state index contributed by atoms with van der Waals surface area (Å²) in [6.07, 6.45) is 2.87. The molecule has 1 atom stereocenters. The quantitative estimate of drug-likeness (QED) is 0.704. The molecule has 2 saturated heterocycles. The number of amides is 2. The second-order valence-electron chi connectivity index (χ2n) is 7.86. The predicted octanol–water partition coefficient (Wildman–Crippen LogP) is 1.78. The van der Waals surface area contributed by atoms with Gasteiger partial charge in [-0.15, -0.1) is 0 Å². The van der Waals surface area contributed by atoms with Crippen molar-refractivity contribution in [3.05, 3.63) is 41.3 Å². The van der Waals surface area contributed by atoms with E-state index in [1.54, 1.807) is 15.9 Å². The first-order valence-corrected chi connectivity index (χ1v) is 11.6. The molecule has 0 radical (unpaired) electrons. The minimum atomic E-state index is -3.54. The van der Waals surface area contributed by atoms with Crippen molar-refractivity contribution in [2.45, 2.75) is 32.7 Å². The molecule has 1 aromatic rings. The molecule has 2 fully saturated rings. The molecule has 2 aliphatic rings. The number of rotatable bonds is 6. The van der Waals surface area contributed by atoms with E-state index in [4.69, 9.17) is 0 Å². The van der Waals surface area contributed by atoms with Crippen LogP contribution in [0.1, 0.15) is 32.3 Å². The Hall–Kier alpha value is -2.19. The van der Waals surface area contributed by atoms with Gasteiger partial charge in [0.05, 0.1) is 0 Å². The number of carbonyl (C=O) groups is 2. The van der Waals surface area contributed by atoms with Gasteiger partial charge in [0.25, 0.3) is 0 Å². The Morgan fingerprint density at radius 2 is 1.69 bits per heavy atom. The summed E-state index contributed by atoms with van der Waals surface area (Å²) < 4.78 is 26.6. The molecule has 0 bridgehead atoms. The third-order valence-electron chi connectivity index (χ3n) is 5.47. The van der Waals surface area contributed by atoms with Crippen LogP contribution in [0.25, 0.3) is 6.08 Å². The van der Waals surface area contributed by atoms with Gasteiger partial charge in [-0.05, 0) is 24.0 Å². The van der Waals surface area contributed by atoms with Gasteiger partial charge in [0.15, 0.2) is 0 Å². The Balaban J connectivity index is 1.62. The van der Waals surface area contributed by atoms with E-state index in [-0.39, 0.29) is 30.8 Å². The first kappa shape index (κ1) is 21.5. The van der Waals surface area contributed by atoms with Gasteiger partial charge in [-0.3, -0.25) is 9.59 Å². The fraction of sp³-hybridized carbons (Fsp3) is 0.524. The molecule has 3 rings (SSSR count). The Bertz CT molecular complexity index is 859. The van der Waals surface area contributed by atoms with E-state index in [1.807, 2.05) is 44.2 Å². The summed E-state index contributed by atoms with van der Waals surface area (Å²) in [5.74, 6) is -0.0310. The Labute approximate surface area is 173 Å². The molecule has 2 heterocycles. The second kappa shape index (κ2) is 9.09. The highest BCUT2D eigenvalue weighted by atomic mass is 32.2. The molecule has 2 aliphatic heterocycles. The van der Waals surface area contributed by atoms with Gasteiger partial charge in [-0.25, -0.2) is 8.42 Å². The molecule has 0 N–H and O–H groups in total. The van der Waals surface area contributed by atoms with Crippen LogP contribution < -0.4 is 0 Å². The first-order valence-electron chi connectivity index (χ1n) is 10.1. The van der Waals surface area contributed by atoms with Gasteiger partial charge in [0.1, 0.15) is 6.04 Å². The number of sulfonamides is 1. The summed E-state index contributed by atoms with van der Waals surface area (Å²) in [5.41, 5.74) is 0.819. The van der Waals surface area contributed by atoms with E-state index >= 15 is 0 Å². The lowest BCUT2D eigenvalue weighted by Crippen LogP contribution is -2.57. The largest absolute Gasteiger partial charge is 0.338 e. The highest BCUT2D eigenvalue weighted by molar-refractivity contribution is 7.92. The van der Waals surface area contributed by atoms with Crippen LogP contribution in [0, 0.1) is 5.92 Å². The van der Waals surface area contributed by atoms with Crippen molar-refractivity contribution in [1.82, 2.24) is 14.1 Å². The van der Waals surface area contributed by atoms with E-state index in [9.17, 15) is 18.0 Å². The van der Waals surface area contributed by atoms with Crippen LogP contribution in [-0.4, -0.2) is 73.1 Å². The fourth-order valence-corrected chi connectivity index (χ4v) is 5.08. The average molecular weight is 420 g/mol. The maximum Gasteiger partial charge on any atom is 0.245 e. The number of benzene rings is 1. The molecule has 7 nitrogen and oxygen atoms in total. The van der Waals surface area contributed by atoms with Crippen LogP contribution in [0.4, 0.5) is 0 Å². The molecule has 158 valence electrons. The number of likely N-dealkylation sites (tertiary alicyclic amines) is 1. The molecule has 0 aliphatic carbocycles. The molecule has 29 heavy (non-hydrogen) atoms. The monoisotopic (exact) mass is 419 g/mol. The molecule has 0 saturated carbocycles. The zero-order chi connectivity index (χ0) is 21.0. The van der Waals surface area contributed by atoms with Gasteiger partial charge >= 0.3 is 0 Å². The lowest BCUT2D eigenvalue weighted by molar-refractivity contribution is -0.146. The topological polar surface area (TPSA) is 78.0 Å². The Kier molecular flexibility index (Phi) is 6.74. The zero-order valence-corrected chi connectivity index (χ0v) is 17.8. The number of carbonyl (C=O) groups excluding carboxylic acids is 2. The van der Waals surface area contributed by atoms with Crippen LogP contribution >= 0.6 is 0 Å². The van der Waals surface area contributed by atoms with E-state index < -0.39 is 16.1 Å². The van der Waals surface area contributed by atoms with Crippen molar-refractivity contribution < 1.29 is 18.0 Å². The SMILES string of the molecule is CC(C)C(C(=O)N1CCN(S(=O)(=O)/C=C/c2ccccc2)CC1)N1CCCC1=O. The first-order chi connectivity index (χ1) is 13.8. The van der Waals surface area contributed by atoms with Gasteiger partial charge in [0, 0.05) is 44.6 Å². The standard InChI is InChI=1S/C21H29N3O4S/c1-17(2)20(24-11-6-9-19(24)25)21(26)22-12-14-23(15-13-22)29(27,28)16-10-18-7-4-3-5-8-18/h3-5,7-8,10,16-17,20H,6,9,11-15H2,1-2H3/b16-10+. The second-order valence-corrected chi connectivity index (χ2v) is 9.68. The third-order valence-corrected chi connectivity index (χ3v) is 7.04. The summed E-state index contributed by atoms with van der Waals surface area (Å²) in [5, 5.41) is 1.22. The van der Waals surface area contributed by atoms with Crippen molar-refractivity contribution in [1.29, 1.82) is 0 Å². The van der Waals surface area contributed by atoms with E-state index in [2.05, 4.69) is 0 Å². The van der Waals surface area contributed by atoms with Gasteiger partial charge in [0.2, 0.25) is 21.8 Å². The van der Waals surface area contributed by atoms with Crippen LogP contribution in [0.3, 0.4) is 0 Å². The number of hydrogen-bond donors (Lipinski definition) is 0. The van der Waals surface area contributed by atoms with Crippen molar-refractivity contribution in [2.24, 2.45) is 5.92 Å². The highest BCUT2D eigenvalue weighted by Crippen LogP contribution is 2.22. The third kappa shape index (κ3) is 5.05. The lowest BCUT2D eigenvalue weighted by atomic mass is 10.0. The van der Waals surface area contributed by atoms with Crippen LogP contribution in [0.5, 0.6) is 0 Å². The summed E-state index contributed by atoms with van der Waals surface area (Å²) in [6.45, 7) is 5.70. The molecule has 0 spiro atoms. The maximum absolute atomic E-state index is 13.1. The van der Waals surface area contributed by atoms with E-state index in [1.165, 1.54) is 9.71 Å². The number of nitrogens with zero attached hydrogens (tertiary/aromatic N) is 3. The van der Waals surface area contributed by atoms with Crippen molar-refractivity contribution in [2.75, 3.05) is 32.7 Å². The minimum absolute atomic E-state index is 0.0140. The molecule has 1 aromatic carbocycles. The van der Waals surface area contributed by atoms with Gasteiger partial charge < -0.3 is 9.80 Å². The van der Waals surface area contributed by atoms with Gasteiger partial charge in [-0.1, -0.05) is 44.2 Å². The molecular formula is C21H29N3O4S. The van der Waals surface area contributed by atoms with Crippen LogP contribution in [0.2, 0.25) is 0 Å². The minimum Gasteiger partial charge on any atom is -0.338 e. The summed E-state index contributed by atoms with van der Waals surface area (Å²) >= 11 is 0. The van der Waals surface area contributed by atoms with E-state index in [0.717, 1.165) is 12.0 Å². The molecule has 2 amide bonds.